The number of nitrogens with zero attached hydrogens (tertiary/aromatic N) is 2. The zero-order chi connectivity index (χ0) is 17.7. The molecular weight excluding hydrogens is 324 g/mol. The van der Waals surface area contributed by atoms with E-state index in [0.29, 0.717) is 17.0 Å². The zero-order valence-corrected chi connectivity index (χ0v) is 13.9. The first-order chi connectivity index (χ1) is 11.9. The first kappa shape index (κ1) is 15.7. The van der Waals surface area contributed by atoms with Crippen molar-refractivity contribution in [1.82, 2.24) is 9.38 Å². The molecule has 4 rings (SSSR count). The van der Waals surface area contributed by atoms with E-state index in [2.05, 4.69) is 10.3 Å². The molecule has 0 aliphatic heterocycles. The molecule has 0 saturated heterocycles. The highest BCUT2D eigenvalue weighted by molar-refractivity contribution is 5.94. The third-order valence-corrected chi connectivity index (χ3v) is 4.78. The lowest BCUT2D eigenvalue weighted by molar-refractivity contribution is -0.117. The summed E-state index contributed by atoms with van der Waals surface area (Å²) in [7, 11) is 0. The van der Waals surface area contributed by atoms with Crippen LogP contribution in [-0.2, 0) is 4.79 Å². The highest BCUT2D eigenvalue weighted by Crippen LogP contribution is 2.34. The molecule has 0 radical (unpaired) electrons. The SMILES string of the molecule is Cc1c(F)ccc(-c2ccc3nc(NC(=O)C4CC4F)cn3c2)c1C. The molecule has 2 atom stereocenters. The van der Waals surface area contributed by atoms with E-state index in [-0.39, 0.29) is 18.1 Å². The normalized spacial score (nSPS) is 19.2. The fourth-order valence-electron chi connectivity index (χ4n) is 2.97. The molecule has 1 saturated carbocycles. The number of amides is 1. The van der Waals surface area contributed by atoms with Gasteiger partial charge in [-0.2, -0.15) is 0 Å². The van der Waals surface area contributed by atoms with E-state index in [4.69, 9.17) is 0 Å². The summed E-state index contributed by atoms with van der Waals surface area (Å²) in [5, 5.41) is 2.65. The summed E-state index contributed by atoms with van der Waals surface area (Å²) < 4.78 is 28.4. The Morgan fingerprint density at radius 1 is 1.20 bits per heavy atom. The molecule has 1 amide bonds. The number of fused-ring (bicyclic) bond motifs is 1. The Kier molecular flexibility index (Phi) is 3.56. The third kappa shape index (κ3) is 2.77. The molecule has 3 aromatic rings. The maximum Gasteiger partial charge on any atom is 0.231 e. The number of carbonyl (C=O) groups is 1. The molecule has 1 aliphatic carbocycles. The summed E-state index contributed by atoms with van der Waals surface area (Å²) in [4.78, 5) is 16.2. The second-order valence-electron chi connectivity index (χ2n) is 6.50. The molecule has 1 aliphatic rings. The van der Waals surface area contributed by atoms with Gasteiger partial charge in [-0.15, -0.1) is 0 Å². The van der Waals surface area contributed by atoms with Gasteiger partial charge in [-0.3, -0.25) is 4.79 Å². The Morgan fingerprint density at radius 3 is 2.68 bits per heavy atom. The van der Waals surface area contributed by atoms with Crippen LogP contribution in [0.3, 0.4) is 0 Å². The number of aromatic nitrogens is 2. The van der Waals surface area contributed by atoms with Crippen LogP contribution < -0.4 is 5.32 Å². The van der Waals surface area contributed by atoms with E-state index in [1.807, 2.05) is 25.3 Å². The van der Waals surface area contributed by atoms with Crippen molar-refractivity contribution in [2.45, 2.75) is 26.4 Å². The van der Waals surface area contributed by atoms with E-state index < -0.39 is 12.1 Å². The van der Waals surface area contributed by atoms with Crippen LogP contribution in [0, 0.1) is 25.6 Å². The summed E-state index contributed by atoms with van der Waals surface area (Å²) in [6.07, 6.45) is 2.82. The van der Waals surface area contributed by atoms with Gasteiger partial charge in [-0.05, 0) is 60.7 Å². The summed E-state index contributed by atoms with van der Waals surface area (Å²) in [6.45, 7) is 3.65. The molecule has 1 N–H and O–H groups in total. The number of rotatable bonds is 3. The van der Waals surface area contributed by atoms with Crippen molar-refractivity contribution in [1.29, 1.82) is 0 Å². The predicted octanol–water partition coefficient (Wildman–Crippen LogP) is 4.05. The maximum absolute atomic E-state index is 13.7. The number of hydrogen-bond acceptors (Lipinski definition) is 2. The second-order valence-corrected chi connectivity index (χ2v) is 6.50. The van der Waals surface area contributed by atoms with Crippen LogP contribution in [0.2, 0.25) is 0 Å². The first-order valence-corrected chi connectivity index (χ1v) is 8.14. The average molecular weight is 341 g/mol. The average Bonchev–Trinajstić information content (AvgIpc) is 3.18. The van der Waals surface area contributed by atoms with Crippen molar-refractivity contribution in [2.24, 2.45) is 5.92 Å². The van der Waals surface area contributed by atoms with Crippen molar-refractivity contribution < 1.29 is 13.6 Å². The Labute approximate surface area is 143 Å². The maximum atomic E-state index is 13.7. The number of hydrogen-bond donors (Lipinski definition) is 1. The van der Waals surface area contributed by atoms with Crippen LogP contribution in [-0.4, -0.2) is 21.5 Å². The molecule has 2 unspecified atom stereocenters. The Morgan fingerprint density at radius 2 is 1.96 bits per heavy atom. The first-order valence-electron chi connectivity index (χ1n) is 8.14. The number of benzene rings is 1. The molecule has 25 heavy (non-hydrogen) atoms. The Hall–Kier alpha value is -2.76. The molecule has 4 nitrogen and oxygen atoms in total. The summed E-state index contributed by atoms with van der Waals surface area (Å²) in [5.74, 6) is -0.708. The molecular formula is C19H17F2N3O. The van der Waals surface area contributed by atoms with Crippen molar-refractivity contribution in [3.8, 4) is 11.1 Å². The van der Waals surface area contributed by atoms with E-state index >= 15 is 0 Å². The minimum Gasteiger partial charge on any atom is -0.309 e. The number of nitrogens with one attached hydrogen (secondary N) is 1. The lowest BCUT2D eigenvalue weighted by atomic mass is 9.98. The highest BCUT2D eigenvalue weighted by atomic mass is 19.1. The van der Waals surface area contributed by atoms with E-state index in [0.717, 1.165) is 16.7 Å². The van der Waals surface area contributed by atoms with Crippen LogP contribution >= 0.6 is 0 Å². The number of halogens is 2. The predicted molar refractivity (Wildman–Crippen MR) is 91.7 cm³/mol. The summed E-state index contributed by atoms with van der Waals surface area (Å²) in [5.41, 5.74) is 4.05. The molecule has 0 spiro atoms. The highest BCUT2D eigenvalue weighted by Gasteiger charge is 2.43. The lowest BCUT2D eigenvalue weighted by Gasteiger charge is -2.10. The van der Waals surface area contributed by atoms with Crippen molar-refractivity contribution >= 4 is 17.4 Å². The van der Waals surface area contributed by atoms with Crippen molar-refractivity contribution in [3.05, 3.63) is 53.6 Å². The molecule has 2 heterocycles. The molecule has 1 fully saturated rings. The Bertz CT molecular complexity index is 996. The van der Waals surface area contributed by atoms with Crippen molar-refractivity contribution in [2.75, 3.05) is 5.32 Å². The number of alkyl halides is 1. The molecule has 0 bridgehead atoms. The third-order valence-electron chi connectivity index (χ3n) is 4.78. The van der Waals surface area contributed by atoms with Crippen molar-refractivity contribution in [3.63, 3.8) is 0 Å². The van der Waals surface area contributed by atoms with E-state index in [1.54, 1.807) is 23.6 Å². The minimum atomic E-state index is -1.03. The largest absolute Gasteiger partial charge is 0.309 e. The van der Waals surface area contributed by atoms with E-state index in [1.165, 1.54) is 6.07 Å². The van der Waals surface area contributed by atoms with Gasteiger partial charge in [0.15, 0.2) is 5.82 Å². The second kappa shape index (κ2) is 5.65. The van der Waals surface area contributed by atoms with Crippen LogP contribution in [0.5, 0.6) is 0 Å². The minimum absolute atomic E-state index is 0.221. The van der Waals surface area contributed by atoms with Gasteiger partial charge in [-0.25, -0.2) is 13.8 Å². The quantitative estimate of drug-likeness (QED) is 0.781. The van der Waals surface area contributed by atoms with E-state index in [9.17, 15) is 13.6 Å². The zero-order valence-electron chi connectivity index (χ0n) is 13.9. The van der Waals surface area contributed by atoms with Crippen LogP contribution in [0.1, 0.15) is 17.5 Å². The Balaban J connectivity index is 1.66. The summed E-state index contributed by atoms with van der Waals surface area (Å²) in [6, 6.07) is 6.96. The van der Waals surface area contributed by atoms with Gasteiger partial charge in [0, 0.05) is 6.20 Å². The molecule has 6 heteroatoms. The lowest BCUT2D eigenvalue weighted by Crippen LogP contribution is -2.15. The van der Waals surface area contributed by atoms with Crippen LogP contribution in [0.25, 0.3) is 16.8 Å². The summed E-state index contributed by atoms with van der Waals surface area (Å²) >= 11 is 0. The standard InChI is InChI=1S/C19H17F2N3O/c1-10-11(2)15(20)5-4-13(10)12-3-6-18-22-17(9-24(18)8-12)23-19(25)14-7-16(14)21/h3-6,8-9,14,16H,7H2,1-2H3,(H,23,25). The number of anilines is 1. The monoisotopic (exact) mass is 341 g/mol. The van der Waals surface area contributed by atoms with Gasteiger partial charge in [-0.1, -0.05) is 6.07 Å². The number of pyridine rings is 1. The number of carbonyl (C=O) groups excluding carboxylic acids is 1. The molecule has 1 aromatic carbocycles. The van der Waals surface area contributed by atoms with Crippen LogP contribution in [0.4, 0.5) is 14.6 Å². The van der Waals surface area contributed by atoms with Gasteiger partial charge in [0.25, 0.3) is 0 Å². The van der Waals surface area contributed by atoms with Gasteiger partial charge >= 0.3 is 0 Å². The smallest absolute Gasteiger partial charge is 0.231 e. The van der Waals surface area contributed by atoms with Gasteiger partial charge < -0.3 is 9.72 Å². The fraction of sp³-hybridized carbons (Fsp3) is 0.263. The molecule has 2 aromatic heterocycles. The van der Waals surface area contributed by atoms with Crippen LogP contribution in [0.15, 0.2) is 36.7 Å². The number of imidazole rings is 1. The van der Waals surface area contributed by atoms with Gasteiger partial charge in [0.2, 0.25) is 5.91 Å². The van der Waals surface area contributed by atoms with Gasteiger partial charge in [0.1, 0.15) is 17.6 Å². The van der Waals surface area contributed by atoms with Gasteiger partial charge in [0.05, 0.1) is 12.1 Å². The molecule has 128 valence electrons. The topological polar surface area (TPSA) is 46.4 Å². The fourth-order valence-corrected chi connectivity index (χ4v) is 2.97.